The third-order valence-corrected chi connectivity index (χ3v) is 5.31. The van der Waals surface area contributed by atoms with Crippen LogP contribution in [0.3, 0.4) is 0 Å². The Morgan fingerprint density at radius 1 is 1.31 bits per heavy atom. The Labute approximate surface area is 171 Å². The van der Waals surface area contributed by atoms with Gasteiger partial charge in [-0.2, -0.15) is 4.98 Å². The topological polar surface area (TPSA) is 146 Å². The van der Waals surface area contributed by atoms with Crippen LogP contribution in [0.1, 0.15) is 13.8 Å². The van der Waals surface area contributed by atoms with Crippen molar-refractivity contribution in [3.8, 4) is 5.75 Å². The summed E-state index contributed by atoms with van der Waals surface area (Å²) in [5, 5.41) is 0.585. The molecule has 156 valence electrons. The van der Waals surface area contributed by atoms with Crippen molar-refractivity contribution in [3.05, 3.63) is 30.6 Å². The van der Waals surface area contributed by atoms with E-state index in [9.17, 15) is 4.57 Å². The number of anilines is 1. The molecule has 29 heavy (non-hydrogen) atoms. The number of rotatable bonds is 9. The molecular formula is C17H22N5O5PS. The van der Waals surface area contributed by atoms with Gasteiger partial charge in [0.2, 0.25) is 5.95 Å². The van der Waals surface area contributed by atoms with Crippen molar-refractivity contribution in [2.24, 2.45) is 0 Å². The van der Waals surface area contributed by atoms with E-state index in [1.165, 1.54) is 11.8 Å². The quantitative estimate of drug-likeness (QED) is 0.336. The third kappa shape index (κ3) is 5.68. The van der Waals surface area contributed by atoms with Crippen LogP contribution >= 0.6 is 19.4 Å². The highest BCUT2D eigenvalue weighted by atomic mass is 32.2. The Kier molecular flexibility index (Phi) is 6.76. The number of fused-ring (bicyclic) bond motifs is 1. The van der Waals surface area contributed by atoms with E-state index in [4.69, 9.17) is 25.0 Å². The molecule has 2 heterocycles. The molecule has 0 radical (unpaired) electrons. The number of ether oxygens (including phenoxy) is 2. The van der Waals surface area contributed by atoms with Crippen LogP contribution in [0, 0.1) is 0 Å². The average Bonchev–Trinajstić information content (AvgIpc) is 3.04. The van der Waals surface area contributed by atoms with Crippen molar-refractivity contribution in [1.82, 2.24) is 19.5 Å². The monoisotopic (exact) mass is 439 g/mol. The Morgan fingerprint density at radius 2 is 2.07 bits per heavy atom. The summed E-state index contributed by atoms with van der Waals surface area (Å²) in [7, 11) is -4.23. The van der Waals surface area contributed by atoms with Crippen molar-refractivity contribution < 1.29 is 23.8 Å². The molecular weight excluding hydrogens is 417 g/mol. The highest BCUT2D eigenvalue weighted by Gasteiger charge is 2.19. The van der Waals surface area contributed by atoms with Gasteiger partial charge in [0.1, 0.15) is 22.6 Å². The van der Waals surface area contributed by atoms with Crippen LogP contribution in [0.2, 0.25) is 0 Å². The molecule has 0 aliphatic rings. The summed E-state index contributed by atoms with van der Waals surface area (Å²) < 4.78 is 23.6. The molecule has 0 saturated carbocycles. The van der Waals surface area contributed by atoms with Gasteiger partial charge in [0.05, 0.1) is 30.5 Å². The van der Waals surface area contributed by atoms with Crippen LogP contribution in [0.5, 0.6) is 5.75 Å². The number of nitrogens with two attached hydrogens (primary N) is 1. The van der Waals surface area contributed by atoms with Gasteiger partial charge in [-0.3, -0.25) is 4.57 Å². The first kappa shape index (κ1) is 21.5. The van der Waals surface area contributed by atoms with Gasteiger partial charge in [-0.05, 0) is 26.0 Å². The maximum absolute atomic E-state index is 11.0. The molecule has 0 bridgehead atoms. The first-order valence-corrected chi connectivity index (χ1v) is 11.4. The fraction of sp³-hybridized carbons (Fsp3) is 0.353. The van der Waals surface area contributed by atoms with Gasteiger partial charge < -0.3 is 29.6 Å². The van der Waals surface area contributed by atoms with Crippen molar-refractivity contribution >= 4 is 36.5 Å². The highest BCUT2D eigenvalue weighted by Crippen LogP contribution is 2.37. The maximum Gasteiger partial charge on any atom is 0.350 e. The molecule has 3 aromatic rings. The molecule has 0 amide bonds. The molecule has 12 heteroatoms. The van der Waals surface area contributed by atoms with Gasteiger partial charge in [0.15, 0.2) is 5.65 Å². The molecule has 1 unspecified atom stereocenters. The molecule has 1 aromatic carbocycles. The van der Waals surface area contributed by atoms with Crippen molar-refractivity contribution in [2.75, 3.05) is 18.7 Å². The predicted molar refractivity (Wildman–Crippen MR) is 109 cm³/mol. The molecule has 0 aliphatic carbocycles. The average molecular weight is 439 g/mol. The van der Waals surface area contributed by atoms with Gasteiger partial charge in [-0.1, -0.05) is 23.9 Å². The Bertz CT molecular complexity index is 1040. The number of para-hydroxylation sites is 1. The molecule has 0 aliphatic heterocycles. The summed E-state index contributed by atoms with van der Waals surface area (Å²) in [6.07, 6.45) is 0.466. The van der Waals surface area contributed by atoms with Crippen LogP contribution < -0.4 is 10.5 Å². The Morgan fingerprint density at radius 3 is 2.79 bits per heavy atom. The third-order valence-electron chi connectivity index (χ3n) is 3.79. The van der Waals surface area contributed by atoms with Crippen LogP contribution in [0.25, 0.3) is 11.2 Å². The summed E-state index contributed by atoms with van der Waals surface area (Å²) in [5.41, 5.74) is 6.99. The first-order chi connectivity index (χ1) is 13.8. The van der Waals surface area contributed by atoms with Gasteiger partial charge in [0.25, 0.3) is 0 Å². The lowest BCUT2D eigenvalue weighted by molar-refractivity contribution is 0.0764. The fourth-order valence-electron chi connectivity index (χ4n) is 2.61. The number of nitrogens with zero attached hydrogens (tertiary/aromatic N) is 4. The second kappa shape index (κ2) is 9.10. The molecule has 2 aromatic heterocycles. The minimum atomic E-state index is -4.23. The molecule has 10 nitrogen and oxygen atoms in total. The van der Waals surface area contributed by atoms with E-state index >= 15 is 0 Å². The predicted octanol–water partition coefficient (Wildman–Crippen LogP) is 2.50. The van der Waals surface area contributed by atoms with Crippen LogP contribution in [0.15, 0.2) is 40.5 Å². The van der Waals surface area contributed by atoms with E-state index in [2.05, 4.69) is 15.0 Å². The van der Waals surface area contributed by atoms with Gasteiger partial charge >= 0.3 is 7.60 Å². The maximum atomic E-state index is 11.0. The van der Waals surface area contributed by atoms with Crippen molar-refractivity contribution in [2.45, 2.75) is 36.4 Å². The summed E-state index contributed by atoms with van der Waals surface area (Å²) >= 11 is 1.38. The minimum absolute atomic E-state index is 0.0967. The first-order valence-electron chi connectivity index (χ1n) is 8.81. The molecule has 0 fully saturated rings. The minimum Gasteiger partial charge on any atom is -0.493 e. The molecule has 0 saturated heterocycles. The van der Waals surface area contributed by atoms with Crippen molar-refractivity contribution in [3.63, 3.8) is 0 Å². The summed E-state index contributed by atoms with van der Waals surface area (Å²) in [6, 6.07) is 7.61. The number of hydrogen-bond donors (Lipinski definition) is 3. The van der Waals surface area contributed by atoms with Gasteiger partial charge in [-0.15, -0.1) is 0 Å². The zero-order valence-corrected chi connectivity index (χ0v) is 17.6. The van der Waals surface area contributed by atoms with Gasteiger partial charge in [0, 0.05) is 0 Å². The smallest absolute Gasteiger partial charge is 0.350 e. The zero-order valence-electron chi connectivity index (χ0n) is 15.9. The number of imidazole rings is 1. The fourth-order valence-corrected chi connectivity index (χ4v) is 4.02. The van der Waals surface area contributed by atoms with Crippen molar-refractivity contribution in [1.29, 1.82) is 0 Å². The lowest BCUT2D eigenvalue weighted by Crippen LogP contribution is -2.17. The largest absolute Gasteiger partial charge is 0.493 e. The normalized spacial score (nSPS) is 13.0. The van der Waals surface area contributed by atoms with E-state index in [1.54, 1.807) is 17.8 Å². The number of hydrogen-bond acceptors (Lipinski definition) is 8. The standard InChI is InChI=1S/C17H22N5O5PS/c1-3-26-12-6-4-5-7-13(12)29-16-14-15(20-17(18)21-16)22(9-19-14)8-11(2)27-10-28(23,24)25/h4-7,9,11H,3,8,10H2,1-2H3,(H2,18,20,21)(H2,23,24,25). The van der Waals surface area contributed by atoms with E-state index in [1.807, 2.05) is 31.2 Å². The molecule has 3 rings (SSSR count). The van der Waals surface area contributed by atoms with Crippen LogP contribution in [-0.4, -0.2) is 48.4 Å². The van der Waals surface area contributed by atoms with E-state index < -0.39 is 20.0 Å². The summed E-state index contributed by atoms with van der Waals surface area (Å²) in [6.45, 7) is 4.46. The summed E-state index contributed by atoms with van der Waals surface area (Å²) in [5.74, 6) is 0.837. The number of benzene rings is 1. The Hall–Kier alpha value is -2.17. The lowest BCUT2D eigenvalue weighted by atomic mass is 10.3. The SMILES string of the molecule is CCOc1ccccc1Sc1nc(N)nc2c1ncn2CC(C)OCP(=O)(O)O. The second-order valence-electron chi connectivity index (χ2n) is 6.21. The van der Waals surface area contributed by atoms with E-state index in [0.717, 1.165) is 10.6 Å². The molecule has 1 atom stereocenters. The molecule has 4 N–H and O–H groups in total. The zero-order chi connectivity index (χ0) is 21.0. The number of nitrogen functional groups attached to an aromatic ring is 1. The van der Waals surface area contributed by atoms with E-state index in [0.29, 0.717) is 29.3 Å². The second-order valence-corrected chi connectivity index (χ2v) is 8.83. The Balaban J connectivity index is 1.87. The van der Waals surface area contributed by atoms with Crippen LogP contribution in [0.4, 0.5) is 5.95 Å². The van der Waals surface area contributed by atoms with E-state index in [-0.39, 0.29) is 5.95 Å². The molecule has 0 spiro atoms. The highest BCUT2D eigenvalue weighted by molar-refractivity contribution is 7.99. The lowest BCUT2D eigenvalue weighted by Gasteiger charge is -2.14. The van der Waals surface area contributed by atoms with Gasteiger partial charge in [-0.25, -0.2) is 9.97 Å². The summed E-state index contributed by atoms with van der Waals surface area (Å²) in [4.78, 5) is 31.8. The number of aromatic nitrogens is 4. The van der Waals surface area contributed by atoms with Crippen LogP contribution in [-0.2, 0) is 15.8 Å².